The molecule has 0 atom stereocenters. The summed E-state index contributed by atoms with van der Waals surface area (Å²) in [6.45, 7) is 2.75. The molecule has 0 aliphatic heterocycles. The fourth-order valence-corrected chi connectivity index (χ4v) is 3.41. The van der Waals surface area contributed by atoms with Crippen LogP contribution in [0, 0.1) is 11.6 Å². The van der Waals surface area contributed by atoms with Gasteiger partial charge in [0.25, 0.3) is 0 Å². The van der Waals surface area contributed by atoms with Crippen LogP contribution in [0.3, 0.4) is 0 Å². The first kappa shape index (κ1) is 23.7. The molecule has 13 heteroatoms. The van der Waals surface area contributed by atoms with Crippen LogP contribution < -0.4 is 10.6 Å². The molecule has 170 valence electrons. The van der Waals surface area contributed by atoms with Gasteiger partial charge in [-0.15, -0.1) is 5.10 Å². The molecule has 0 N–H and O–H groups in total. The summed E-state index contributed by atoms with van der Waals surface area (Å²) in [4.78, 5) is 26.6. The highest BCUT2D eigenvalue weighted by atomic mass is 35.5. The molecule has 3 rings (SSSR count). The Morgan fingerprint density at radius 1 is 1.09 bits per heavy atom. The van der Waals surface area contributed by atoms with Gasteiger partial charge in [0.15, 0.2) is 0 Å². The lowest BCUT2D eigenvalue weighted by molar-refractivity contribution is -0.146. The minimum absolute atomic E-state index is 0.149. The van der Waals surface area contributed by atoms with Gasteiger partial charge in [-0.25, -0.2) is 18.4 Å². The number of anilines is 1. The predicted octanol–water partition coefficient (Wildman–Crippen LogP) is 5.52. The Hall–Kier alpha value is -2.92. The number of hydrogen-bond donors (Lipinski definition) is 0. The third kappa shape index (κ3) is 4.35. The monoisotopic (exact) mass is 494 g/mol. The Kier molecular flexibility index (Phi) is 6.34. The second-order valence-electron chi connectivity index (χ2n) is 6.79. The molecular weight excluding hydrogens is 482 g/mol. The summed E-state index contributed by atoms with van der Waals surface area (Å²) in [6, 6.07) is 3.28. The zero-order valence-corrected chi connectivity index (χ0v) is 17.8. The van der Waals surface area contributed by atoms with Gasteiger partial charge in [0.1, 0.15) is 11.6 Å². The Morgan fingerprint density at radius 2 is 1.75 bits per heavy atom. The highest BCUT2D eigenvalue weighted by Crippen LogP contribution is 2.30. The number of rotatable bonds is 3. The number of benzene rings is 2. The minimum atomic E-state index is -5.23. The number of halogens is 7. The van der Waals surface area contributed by atoms with Gasteiger partial charge in [0.2, 0.25) is 5.82 Å². The zero-order chi connectivity index (χ0) is 24.0. The first-order chi connectivity index (χ1) is 14.8. The normalized spacial score (nSPS) is 11.8. The standard InChI is InChI=1S/C19H13Cl2F5N4O2/c1-9(2)28(15-6-4-11(22)8-13(15)23)17(31)29-16(19(24,25)26)27-30(18(29)32)14-5-3-10(20)7-12(14)21/h3-9H,1-2H3. The lowest BCUT2D eigenvalue weighted by Gasteiger charge is -2.27. The number of carbonyl (C=O) groups excluding carboxylic acids is 1. The molecule has 0 radical (unpaired) electrons. The van der Waals surface area contributed by atoms with Crippen molar-refractivity contribution in [3.8, 4) is 5.69 Å². The van der Waals surface area contributed by atoms with E-state index in [-0.39, 0.29) is 20.3 Å². The molecule has 1 amide bonds. The van der Waals surface area contributed by atoms with Gasteiger partial charge in [0.05, 0.1) is 16.4 Å². The molecule has 0 aliphatic rings. The van der Waals surface area contributed by atoms with E-state index in [4.69, 9.17) is 23.2 Å². The number of alkyl halides is 3. The van der Waals surface area contributed by atoms with Crippen molar-refractivity contribution in [1.29, 1.82) is 0 Å². The van der Waals surface area contributed by atoms with Gasteiger partial charge in [-0.2, -0.15) is 22.4 Å². The largest absolute Gasteiger partial charge is 0.452 e. The number of carbonyl (C=O) groups is 1. The van der Waals surface area contributed by atoms with E-state index in [0.717, 1.165) is 18.2 Å². The maximum atomic E-state index is 14.3. The van der Waals surface area contributed by atoms with Crippen molar-refractivity contribution in [2.75, 3.05) is 4.90 Å². The molecule has 1 heterocycles. The smallest absolute Gasteiger partial charge is 0.288 e. The lowest BCUT2D eigenvalue weighted by Crippen LogP contribution is -2.45. The van der Waals surface area contributed by atoms with E-state index in [0.29, 0.717) is 15.6 Å². The molecule has 0 fully saturated rings. The predicted molar refractivity (Wildman–Crippen MR) is 108 cm³/mol. The van der Waals surface area contributed by atoms with Gasteiger partial charge >= 0.3 is 17.9 Å². The SMILES string of the molecule is CC(C)N(C(=O)n1c(C(F)(F)F)nn(-c2ccc(Cl)cc2Cl)c1=O)c1ccc(F)cc1F. The molecule has 0 saturated heterocycles. The molecule has 0 saturated carbocycles. The summed E-state index contributed by atoms with van der Waals surface area (Å²) in [5.74, 6) is -4.02. The van der Waals surface area contributed by atoms with E-state index in [1.807, 2.05) is 0 Å². The first-order valence-corrected chi connectivity index (χ1v) is 9.61. The fraction of sp³-hybridized carbons (Fsp3) is 0.211. The molecule has 0 unspecified atom stereocenters. The summed E-state index contributed by atoms with van der Waals surface area (Å²) in [6.07, 6.45) is -5.23. The van der Waals surface area contributed by atoms with Gasteiger partial charge in [0, 0.05) is 17.1 Å². The molecule has 0 bridgehead atoms. The first-order valence-electron chi connectivity index (χ1n) is 8.86. The number of nitrogens with zero attached hydrogens (tertiary/aromatic N) is 4. The molecule has 6 nitrogen and oxygen atoms in total. The number of aromatic nitrogens is 3. The van der Waals surface area contributed by atoms with Crippen molar-refractivity contribution in [3.05, 3.63) is 74.4 Å². The van der Waals surface area contributed by atoms with Gasteiger partial charge in [-0.05, 0) is 44.2 Å². The van der Waals surface area contributed by atoms with E-state index in [1.165, 1.54) is 26.0 Å². The van der Waals surface area contributed by atoms with E-state index in [9.17, 15) is 31.5 Å². The van der Waals surface area contributed by atoms with Crippen molar-refractivity contribution in [1.82, 2.24) is 14.3 Å². The van der Waals surface area contributed by atoms with Crippen LogP contribution in [0.4, 0.5) is 32.4 Å². The second kappa shape index (κ2) is 8.55. The lowest BCUT2D eigenvalue weighted by atomic mass is 10.2. The van der Waals surface area contributed by atoms with Crippen LogP contribution in [0.25, 0.3) is 5.69 Å². The Bertz CT molecular complexity index is 1250. The topological polar surface area (TPSA) is 60.1 Å². The van der Waals surface area contributed by atoms with Crippen molar-refractivity contribution in [3.63, 3.8) is 0 Å². The maximum absolute atomic E-state index is 14.3. The second-order valence-corrected chi connectivity index (χ2v) is 7.63. The van der Waals surface area contributed by atoms with Crippen LogP contribution in [0.5, 0.6) is 0 Å². The molecule has 3 aromatic rings. The summed E-state index contributed by atoms with van der Waals surface area (Å²) >= 11 is 11.8. The summed E-state index contributed by atoms with van der Waals surface area (Å²) in [7, 11) is 0. The summed E-state index contributed by atoms with van der Waals surface area (Å²) in [5, 5.41) is 3.20. The van der Waals surface area contributed by atoms with Crippen molar-refractivity contribution in [2.45, 2.75) is 26.1 Å². The third-order valence-electron chi connectivity index (χ3n) is 4.25. The minimum Gasteiger partial charge on any atom is -0.288 e. The van der Waals surface area contributed by atoms with Crippen LogP contribution in [-0.2, 0) is 6.18 Å². The van der Waals surface area contributed by atoms with E-state index in [2.05, 4.69) is 5.10 Å². The molecule has 0 spiro atoms. The zero-order valence-electron chi connectivity index (χ0n) is 16.3. The van der Waals surface area contributed by atoms with Crippen LogP contribution in [0.2, 0.25) is 10.0 Å². The van der Waals surface area contributed by atoms with Gasteiger partial charge in [-0.3, -0.25) is 4.90 Å². The van der Waals surface area contributed by atoms with Crippen LogP contribution in [0.15, 0.2) is 41.2 Å². The van der Waals surface area contributed by atoms with Crippen LogP contribution >= 0.6 is 23.2 Å². The third-order valence-corrected chi connectivity index (χ3v) is 4.79. The van der Waals surface area contributed by atoms with E-state index < -0.39 is 47.1 Å². The number of hydrogen-bond acceptors (Lipinski definition) is 3. The Morgan fingerprint density at radius 3 is 2.28 bits per heavy atom. The Balaban J connectivity index is 2.26. The van der Waals surface area contributed by atoms with Crippen LogP contribution in [-0.4, -0.2) is 26.4 Å². The average Bonchev–Trinajstić information content (AvgIpc) is 3.01. The molecule has 32 heavy (non-hydrogen) atoms. The average molecular weight is 495 g/mol. The molecule has 1 aromatic heterocycles. The van der Waals surface area contributed by atoms with Crippen LogP contribution in [0.1, 0.15) is 19.7 Å². The van der Waals surface area contributed by atoms with E-state index in [1.54, 1.807) is 0 Å². The highest BCUT2D eigenvalue weighted by molar-refractivity contribution is 6.35. The maximum Gasteiger partial charge on any atom is 0.452 e. The van der Waals surface area contributed by atoms with E-state index >= 15 is 0 Å². The van der Waals surface area contributed by atoms with Gasteiger partial charge in [-0.1, -0.05) is 23.2 Å². The van der Waals surface area contributed by atoms with Gasteiger partial charge < -0.3 is 0 Å². The molecular formula is C19H13Cl2F5N4O2. The molecule has 0 aliphatic carbocycles. The highest BCUT2D eigenvalue weighted by Gasteiger charge is 2.43. The van der Waals surface area contributed by atoms with Crippen molar-refractivity contribution in [2.24, 2.45) is 0 Å². The quantitative estimate of drug-likeness (QED) is 0.450. The summed E-state index contributed by atoms with van der Waals surface area (Å²) in [5.41, 5.74) is -2.29. The summed E-state index contributed by atoms with van der Waals surface area (Å²) < 4.78 is 68.8. The number of amides is 1. The molecule has 2 aromatic carbocycles. The van der Waals surface area contributed by atoms with Crippen molar-refractivity contribution >= 4 is 34.9 Å². The Labute approximate surface area is 187 Å². The van der Waals surface area contributed by atoms with Crippen molar-refractivity contribution < 1.29 is 26.7 Å². The fourth-order valence-electron chi connectivity index (χ4n) is 2.92.